The van der Waals surface area contributed by atoms with Gasteiger partial charge in [0.05, 0.1) is 12.8 Å². The van der Waals surface area contributed by atoms with Crippen LogP contribution >= 0.6 is 0 Å². The lowest BCUT2D eigenvalue weighted by Crippen LogP contribution is -2.38. The van der Waals surface area contributed by atoms with Crippen molar-refractivity contribution < 1.29 is 14.0 Å². The van der Waals surface area contributed by atoms with Crippen LogP contribution < -0.4 is 0 Å². The number of benzene rings is 1. The van der Waals surface area contributed by atoms with Gasteiger partial charge in [-0.25, -0.2) is 4.39 Å². The Morgan fingerprint density at radius 1 is 0.962 bits per heavy atom. The molecule has 0 unspecified atom stereocenters. The van der Waals surface area contributed by atoms with Gasteiger partial charge in [0.2, 0.25) is 11.8 Å². The normalized spacial score (nSPS) is 15.0. The SMILES string of the molecule is Cn1ccc(CC(=O)N2CCCN(C(=O)Cc3cccc(F)c3)CC2)c1. The van der Waals surface area contributed by atoms with Crippen molar-refractivity contribution >= 4 is 11.8 Å². The van der Waals surface area contributed by atoms with Gasteiger partial charge in [0.15, 0.2) is 0 Å². The Morgan fingerprint density at radius 3 is 2.19 bits per heavy atom. The predicted octanol–water partition coefficient (Wildman–Crippen LogP) is 2.01. The molecular weight excluding hydrogens is 333 g/mol. The Hall–Kier alpha value is -2.63. The highest BCUT2D eigenvalue weighted by Crippen LogP contribution is 2.11. The van der Waals surface area contributed by atoms with E-state index in [1.54, 1.807) is 17.0 Å². The number of aryl methyl sites for hydroxylation is 1. The molecule has 2 heterocycles. The first-order valence-corrected chi connectivity index (χ1v) is 8.92. The topological polar surface area (TPSA) is 45.6 Å². The Labute approximate surface area is 153 Å². The van der Waals surface area contributed by atoms with Gasteiger partial charge < -0.3 is 14.4 Å². The quantitative estimate of drug-likeness (QED) is 0.840. The molecule has 0 N–H and O–H groups in total. The summed E-state index contributed by atoms with van der Waals surface area (Å²) in [7, 11) is 1.93. The van der Waals surface area contributed by atoms with E-state index in [9.17, 15) is 14.0 Å². The molecule has 3 rings (SSSR count). The van der Waals surface area contributed by atoms with Crippen LogP contribution in [-0.4, -0.2) is 52.4 Å². The van der Waals surface area contributed by atoms with Crippen molar-refractivity contribution in [3.63, 3.8) is 0 Å². The fourth-order valence-corrected chi connectivity index (χ4v) is 3.30. The van der Waals surface area contributed by atoms with Gasteiger partial charge in [-0.05, 0) is 35.7 Å². The van der Waals surface area contributed by atoms with E-state index >= 15 is 0 Å². The maximum Gasteiger partial charge on any atom is 0.227 e. The molecule has 0 atom stereocenters. The summed E-state index contributed by atoms with van der Waals surface area (Å²) >= 11 is 0. The Balaban J connectivity index is 1.54. The van der Waals surface area contributed by atoms with Crippen molar-refractivity contribution in [3.8, 4) is 0 Å². The number of carbonyl (C=O) groups excluding carboxylic acids is 2. The summed E-state index contributed by atoms with van der Waals surface area (Å²) in [5.74, 6) is -0.257. The van der Waals surface area contributed by atoms with Crippen LogP contribution in [0.25, 0.3) is 0 Å². The molecule has 2 aromatic rings. The molecule has 1 aromatic carbocycles. The van der Waals surface area contributed by atoms with Crippen LogP contribution in [0.2, 0.25) is 0 Å². The first-order valence-electron chi connectivity index (χ1n) is 8.92. The van der Waals surface area contributed by atoms with Crippen LogP contribution in [0, 0.1) is 5.82 Å². The third-order valence-electron chi connectivity index (χ3n) is 4.69. The second-order valence-electron chi connectivity index (χ2n) is 6.78. The Morgan fingerprint density at radius 2 is 1.62 bits per heavy atom. The number of hydrogen-bond acceptors (Lipinski definition) is 2. The lowest BCUT2D eigenvalue weighted by atomic mass is 10.1. The monoisotopic (exact) mass is 357 g/mol. The van der Waals surface area contributed by atoms with Crippen LogP contribution in [0.4, 0.5) is 4.39 Å². The number of nitrogens with zero attached hydrogens (tertiary/aromatic N) is 3. The van der Waals surface area contributed by atoms with E-state index in [4.69, 9.17) is 0 Å². The minimum absolute atomic E-state index is 0.0204. The molecule has 6 heteroatoms. The molecular formula is C20H24FN3O2. The molecule has 1 saturated heterocycles. The van der Waals surface area contributed by atoms with E-state index < -0.39 is 0 Å². The highest BCUT2D eigenvalue weighted by atomic mass is 19.1. The van der Waals surface area contributed by atoms with E-state index in [2.05, 4.69) is 0 Å². The third kappa shape index (κ3) is 4.71. The van der Waals surface area contributed by atoms with E-state index in [0.717, 1.165) is 12.0 Å². The third-order valence-corrected chi connectivity index (χ3v) is 4.69. The number of rotatable bonds is 4. The number of halogens is 1. The smallest absolute Gasteiger partial charge is 0.227 e. The molecule has 1 fully saturated rings. The molecule has 0 spiro atoms. The average Bonchev–Trinajstić information content (AvgIpc) is 2.85. The van der Waals surface area contributed by atoms with Gasteiger partial charge >= 0.3 is 0 Å². The van der Waals surface area contributed by atoms with Crippen molar-refractivity contribution in [2.24, 2.45) is 7.05 Å². The van der Waals surface area contributed by atoms with Gasteiger partial charge in [-0.3, -0.25) is 9.59 Å². The van der Waals surface area contributed by atoms with Gasteiger partial charge in [0, 0.05) is 45.6 Å². The molecule has 0 bridgehead atoms. The summed E-state index contributed by atoms with van der Waals surface area (Å²) in [6.07, 6.45) is 5.21. The van der Waals surface area contributed by atoms with Gasteiger partial charge in [0.25, 0.3) is 0 Å². The zero-order valence-corrected chi connectivity index (χ0v) is 15.0. The van der Waals surface area contributed by atoms with Crippen LogP contribution in [0.1, 0.15) is 17.5 Å². The lowest BCUT2D eigenvalue weighted by Gasteiger charge is -2.22. The maximum atomic E-state index is 13.3. The molecule has 0 radical (unpaired) electrons. The summed E-state index contributed by atoms with van der Waals surface area (Å²) in [5, 5.41) is 0. The van der Waals surface area contributed by atoms with E-state index in [1.807, 2.05) is 35.0 Å². The first-order chi connectivity index (χ1) is 12.5. The highest BCUT2D eigenvalue weighted by molar-refractivity contribution is 5.80. The van der Waals surface area contributed by atoms with E-state index in [1.165, 1.54) is 12.1 Å². The van der Waals surface area contributed by atoms with Gasteiger partial charge in [0.1, 0.15) is 5.82 Å². The van der Waals surface area contributed by atoms with E-state index in [0.29, 0.717) is 38.2 Å². The fourth-order valence-electron chi connectivity index (χ4n) is 3.30. The summed E-state index contributed by atoms with van der Waals surface area (Å²) in [6, 6.07) is 8.09. The van der Waals surface area contributed by atoms with E-state index in [-0.39, 0.29) is 24.1 Å². The van der Waals surface area contributed by atoms with Crippen molar-refractivity contribution in [1.82, 2.24) is 14.4 Å². The Kier molecular flexibility index (Phi) is 5.71. The summed E-state index contributed by atoms with van der Waals surface area (Å²) in [4.78, 5) is 28.6. The van der Waals surface area contributed by atoms with Gasteiger partial charge in [-0.2, -0.15) is 0 Å². The minimum atomic E-state index is -0.330. The summed E-state index contributed by atoms with van der Waals surface area (Å²) in [6.45, 7) is 2.36. The average molecular weight is 357 g/mol. The molecule has 1 aliphatic rings. The van der Waals surface area contributed by atoms with Gasteiger partial charge in [-0.1, -0.05) is 12.1 Å². The minimum Gasteiger partial charge on any atom is -0.357 e. The zero-order chi connectivity index (χ0) is 18.5. The summed E-state index contributed by atoms with van der Waals surface area (Å²) in [5.41, 5.74) is 1.68. The maximum absolute atomic E-state index is 13.3. The molecule has 1 aromatic heterocycles. The standard InChI is InChI=1S/C20H24FN3O2/c1-22-9-6-17(15-22)14-20(26)24-8-3-7-23(10-11-24)19(25)13-16-4-2-5-18(21)12-16/h2,4-6,9,12,15H,3,7-8,10-11,13-14H2,1H3. The van der Waals surface area contributed by atoms with Crippen molar-refractivity contribution in [2.45, 2.75) is 19.3 Å². The number of carbonyl (C=O) groups is 2. The molecule has 138 valence electrons. The fraction of sp³-hybridized carbons (Fsp3) is 0.400. The van der Waals surface area contributed by atoms with Gasteiger partial charge in [-0.15, -0.1) is 0 Å². The molecule has 5 nitrogen and oxygen atoms in total. The molecule has 2 amide bonds. The van der Waals surface area contributed by atoms with Crippen molar-refractivity contribution in [3.05, 3.63) is 59.7 Å². The number of hydrogen-bond donors (Lipinski definition) is 0. The Bertz CT molecular complexity index is 787. The van der Waals surface area contributed by atoms with Crippen LogP contribution in [0.15, 0.2) is 42.7 Å². The lowest BCUT2D eigenvalue weighted by molar-refractivity contribution is -0.132. The second-order valence-corrected chi connectivity index (χ2v) is 6.78. The number of amides is 2. The second kappa shape index (κ2) is 8.17. The predicted molar refractivity (Wildman–Crippen MR) is 97.0 cm³/mol. The molecule has 0 saturated carbocycles. The molecule has 26 heavy (non-hydrogen) atoms. The molecule has 0 aliphatic carbocycles. The van der Waals surface area contributed by atoms with Crippen molar-refractivity contribution in [2.75, 3.05) is 26.2 Å². The zero-order valence-electron chi connectivity index (χ0n) is 15.0. The van der Waals surface area contributed by atoms with Crippen LogP contribution in [0.3, 0.4) is 0 Å². The van der Waals surface area contributed by atoms with Crippen molar-refractivity contribution in [1.29, 1.82) is 0 Å². The largest absolute Gasteiger partial charge is 0.357 e. The first kappa shape index (κ1) is 18.2. The van der Waals surface area contributed by atoms with Crippen LogP contribution in [0.5, 0.6) is 0 Å². The highest BCUT2D eigenvalue weighted by Gasteiger charge is 2.22. The molecule has 1 aliphatic heterocycles. The number of aromatic nitrogens is 1. The summed E-state index contributed by atoms with van der Waals surface area (Å²) < 4.78 is 15.2. The van der Waals surface area contributed by atoms with Crippen LogP contribution in [-0.2, 0) is 29.5 Å².